The van der Waals surface area contributed by atoms with Crippen LogP contribution in [-0.2, 0) is 39.2 Å². The fourth-order valence-corrected chi connectivity index (χ4v) is 7.29. The van der Waals surface area contributed by atoms with Gasteiger partial charge in [-0.3, -0.25) is 13.9 Å². The quantitative estimate of drug-likeness (QED) is 0.153. The number of amides is 2. The van der Waals surface area contributed by atoms with Gasteiger partial charge in [0.2, 0.25) is 21.8 Å². The summed E-state index contributed by atoms with van der Waals surface area (Å²) < 4.78 is 34.2. The number of ether oxygens (including phenoxy) is 1. The topological polar surface area (TPSA) is 96.0 Å². The third-order valence-corrected chi connectivity index (χ3v) is 10.2. The van der Waals surface area contributed by atoms with E-state index >= 15 is 0 Å². The van der Waals surface area contributed by atoms with E-state index in [9.17, 15) is 18.0 Å². The monoisotopic (exact) mass is 731 g/mol. The summed E-state index contributed by atoms with van der Waals surface area (Å²) in [6.45, 7) is 0.0154. The van der Waals surface area contributed by atoms with Gasteiger partial charge in [-0.05, 0) is 65.9 Å². The highest BCUT2D eigenvalue weighted by Crippen LogP contribution is 2.25. The molecule has 10 heteroatoms. The van der Waals surface area contributed by atoms with Gasteiger partial charge in [-0.25, -0.2) is 8.42 Å². The molecular weight excluding hydrogens is 690 g/mol. The van der Waals surface area contributed by atoms with Gasteiger partial charge in [0.1, 0.15) is 24.9 Å². The number of hydrogen-bond acceptors (Lipinski definition) is 5. The van der Waals surface area contributed by atoms with Gasteiger partial charge in [0, 0.05) is 23.5 Å². The summed E-state index contributed by atoms with van der Waals surface area (Å²) in [4.78, 5) is 30.1. The Balaban J connectivity index is 1.43. The Labute approximate surface area is 292 Å². The second-order valence-corrected chi connectivity index (χ2v) is 15.1. The highest BCUT2D eigenvalue weighted by atomic mass is 79.9. The van der Waals surface area contributed by atoms with Gasteiger partial charge in [0.15, 0.2) is 0 Å². The van der Waals surface area contributed by atoms with Crippen molar-refractivity contribution in [2.24, 2.45) is 0 Å². The van der Waals surface area contributed by atoms with Crippen molar-refractivity contribution in [3.8, 4) is 5.75 Å². The van der Waals surface area contributed by atoms with Crippen molar-refractivity contribution in [2.45, 2.75) is 63.8 Å². The van der Waals surface area contributed by atoms with Gasteiger partial charge in [-0.1, -0.05) is 108 Å². The number of sulfonamides is 1. The number of carbonyl (C=O) groups is 2. The van der Waals surface area contributed by atoms with Crippen LogP contribution < -0.4 is 14.4 Å². The lowest BCUT2D eigenvalue weighted by molar-refractivity contribution is -0.140. The number of rotatable bonds is 14. The number of nitrogens with zero attached hydrogens (tertiary/aromatic N) is 2. The Kier molecular flexibility index (Phi) is 12.3. The minimum Gasteiger partial charge on any atom is -0.489 e. The van der Waals surface area contributed by atoms with E-state index in [0.29, 0.717) is 18.0 Å². The van der Waals surface area contributed by atoms with E-state index in [0.717, 1.165) is 63.8 Å². The molecule has 1 fully saturated rings. The molecule has 0 saturated heterocycles. The first-order chi connectivity index (χ1) is 23.2. The van der Waals surface area contributed by atoms with Crippen LogP contribution in [0, 0.1) is 0 Å². The van der Waals surface area contributed by atoms with Gasteiger partial charge in [0.25, 0.3) is 0 Å². The molecule has 4 aromatic rings. The first kappa shape index (κ1) is 35.2. The lowest BCUT2D eigenvalue weighted by Crippen LogP contribution is -2.55. The van der Waals surface area contributed by atoms with Crippen LogP contribution in [0.3, 0.4) is 0 Å². The molecular formula is C38H42BrN3O5S. The summed E-state index contributed by atoms with van der Waals surface area (Å²) in [5.74, 6) is -0.148. The van der Waals surface area contributed by atoms with Gasteiger partial charge in [-0.2, -0.15) is 0 Å². The van der Waals surface area contributed by atoms with Gasteiger partial charge in [-0.15, -0.1) is 0 Å². The SMILES string of the molecule is CS(=O)(=O)N(CC(=O)N(Cc1cccc(Br)c1)[C@@H](Cc1ccccc1)C(=O)NC1CCCCC1)c1ccc(OCc2ccccc2)cc1. The summed E-state index contributed by atoms with van der Waals surface area (Å²) in [6.07, 6.45) is 6.41. The zero-order valence-corrected chi connectivity index (χ0v) is 29.5. The molecule has 0 unspecified atom stereocenters. The van der Waals surface area contributed by atoms with Crippen molar-refractivity contribution >= 4 is 43.5 Å². The van der Waals surface area contributed by atoms with Crippen molar-refractivity contribution in [2.75, 3.05) is 17.1 Å². The Morgan fingerprint density at radius 1 is 0.833 bits per heavy atom. The largest absolute Gasteiger partial charge is 0.489 e. The van der Waals surface area contributed by atoms with E-state index in [-0.39, 0.29) is 24.9 Å². The summed E-state index contributed by atoms with van der Waals surface area (Å²) >= 11 is 3.52. The molecule has 0 aromatic heterocycles. The third kappa shape index (κ3) is 10.2. The normalized spacial score (nSPS) is 14.1. The lowest BCUT2D eigenvalue weighted by atomic mass is 9.94. The van der Waals surface area contributed by atoms with E-state index < -0.39 is 28.5 Å². The molecule has 0 bridgehead atoms. The molecule has 0 spiro atoms. The van der Waals surface area contributed by atoms with E-state index in [1.807, 2.05) is 84.9 Å². The van der Waals surface area contributed by atoms with Crippen LogP contribution in [0.25, 0.3) is 0 Å². The van der Waals surface area contributed by atoms with Gasteiger partial charge in [0.05, 0.1) is 11.9 Å². The summed E-state index contributed by atoms with van der Waals surface area (Å²) in [5.41, 5.74) is 3.05. The highest BCUT2D eigenvalue weighted by molar-refractivity contribution is 9.10. The van der Waals surface area contributed by atoms with Crippen LogP contribution in [0.15, 0.2) is 114 Å². The van der Waals surface area contributed by atoms with Crippen LogP contribution in [0.2, 0.25) is 0 Å². The van der Waals surface area contributed by atoms with Crippen molar-refractivity contribution in [3.63, 3.8) is 0 Å². The van der Waals surface area contributed by atoms with Crippen molar-refractivity contribution in [3.05, 3.63) is 130 Å². The zero-order valence-electron chi connectivity index (χ0n) is 27.1. The standard InChI is InChI=1S/C38H42BrN3O5S/c1-48(45,46)42(34-20-22-35(23-21-34)47-28-30-14-7-3-8-15-30)27-37(43)41(26-31-16-11-17-32(39)24-31)36(25-29-12-5-2-6-13-29)38(44)40-33-18-9-4-10-19-33/h2-3,5-8,11-17,20-24,33,36H,4,9-10,18-19,25-28H2,1H3,(H,40,44)/t36-/m0/s1. The van der Waals surface area contributed by atoms with Crippen LogP contribution in [-0.4, -0.2) is 50.0 Å². The zero-order chi connectivity index (χ0) is 33.9. The van der Waals surface area contributed by atoms with Crippen molar-refractivity contribution < 1.29 is 22.7 Å². The predicted molar refractivity (Wildman–Crippen MR) is 193 cm³/mol. The first-order valence-corrected chi connectivity index (χ1v) is 18.9. The Hall–Kier alpha value is -4.15. The van der Waals surface area contributed by atoms with Crippen LogP contribution in [0.4, 0.5) is 5.69 Å². The minimum atomic E-state index is -3.88. The molecule has 0 aliphatic heterocycles. The lowest BCUT2D eigenvalue weighted by Gasteiger charge is -2.35. The second-order valence-electron chi connectivity index (χ2n) is 12.2. The van der Waals surface area contributed by atoms with Gasteiger partial charge < -0.3 is 15.0 Å². The Bertz CT molecular complexity index is 1750. The molecule has 0 radical (unpaired) electrons. The number of carbonyl (C=O) groups excluding carboxylic acids is 2. The third-order valence-electron chi connectivity index (χ3n) is 8.52. The molecule has 252 valence electrons. The van der Waals surface area contributed by atoms with Crippen LogP contribution in [0.5, 0.6) is 5.75 Å². The molecule has 4 aromatic carbocycles. The fourth-order valence-electron chi connectivity index (χ4n) is 5.99. The number of hydrogen-bond donors (Lipinski definition) is 1. The molecule has 0 heterocycles. The summed E-state index contributed by atoms with van der Waals surface area (Å²) in [5, 5.41) is 3.23. The molecule has 1 atom stereocenters. The highest BCUT2D eigenvalue weighted by Gasteiger charge is 2.34. The molecule has 1 N–H and O–H groups in total. The molecule has 5 rings (SSSR count). The smallest absolute Gasteiger partial charge is 0.244 e. The van der Waals surface area contributed by atoms with Crippen LogP contribution in [0.1, 0.15) is 48.8 Å². The number of anilines is 1. The maximum absolute atomic E-state index is 14.4. The van der Waals surface area contributed by atoms with Gasteiger partial charge >= 0.3 is 0 Å². The average Bonchev–Trinajstić information content (AvgIpc) is 3.09. The van der Waals surface area contributed by atoms with E-state index in [1.165, 1.54) is 4.90 Å². The molecule has 1 saturated carbocycles. The molecule has 48 heavy (non-hydrogen) atoms. The minimum absolute atomic E-state index is 0.0440. The number of nitrogens with one attached hydrogen (secondary N) is 1. The van der Waals surface area contributed by atoms with E-state index in [2.05, 4.69) is 21.2 Å². The summed E-state index contributed by atoms with van der Waals surface area (Å²) in [6, 6.07) is 32.7. The number of halogens is 1. The summed E-state index contributed by atoms with van der Waals surface area (Å²) in [7, 11) is -3.88. The Morgan fingerprint density at radius 2 is 1.46 bits per heavy atom. The van der Waals surface area contributed by atoms with E-state index in [4.69, 9.17) is 4.74 Å². The molecule has 2 amide bonds. The fraction of sp³-hybridized carbons (Fsp3) is 0.316. The molecule has 1 aliphatic rings. The molecule has 1 aliphatic carbocycles. The van der Waals surface area contributed by atoms with Crippen LogP contribution >= 0.6 is 15.9 Å². The maximum Gasteiger partial charge on any atom is 0.244 e. The van der Waals surface area contributed by atoms with Crippen molar-refractivity contribution in [1.82, 2.24) is 10.2 Å². The maximum atomic E-state index is 14.4. The first-order valence-electron chi connectivity index (χ1n) is 16.3. The second kappa shape index (κ2) is 16.8. The van der Waals surface area contributed by atoms with E-state index in [1.54, 1.807) is 24.3 Å². The Morgan fingerprint density at radius 3 is 2.08 bits per heavy atom. The average molecular weight is 733 g/mol. The molecule has 8 nitrogen and oxygen atoms in total. The predicted octanol–water partition coefficient (Wildman–Crippen LogP) is 6.88. The van der Waals surface area contributed by atoms with Crippen molar-refractivity contribution in [1.29, 1.82) is 0 Å². The number of benzene rings is 4.